The van der Waals surface area contributed by atoms with E-state index in [2.05, 4.69) is 109 Å². The number of rotatable bonds is 18. The molecule has 4 atom stereocenters. The molecule has 0 aromatic heterocycles. The molecule has 2 amide bonds. The molecule has 0 radical (unpaired) electrons. The van der Waals surface area contributed by atoms with Crippen molar-refractivity contribution in [1.82, 2.24) is 5.32 Å². The van der Waals surface area contributed by atoms with Gasteiger partial charge in [-0.15, -0.1) is 5.76 Å². The minimum Gasteiger partial charge on any atom is -0.874 e. The number of nitrogens with zero attached hydrogens (tertiary/aromatic N) is 2. The number of nitrogens with one attached hydrogen (secondary N) is 2. The van der Waals surface area contributed by atoms with E-state index in [1.807, 2.05) is 18.2 Å². The average Bonchev–Trinajstić information content (AvgIpc) is 3.44. The van der Waals surface area contributed by atoms with Crippen molar-refractivity contribution >= 4 is 34.7 Å². The largest absolute Gasteiger partial charge is 0.874 e. The number of hydrogen-bond donors (Lipinski definition) is 2. The second kappa shape index (κ2) is 17.4. The predicted molar refractivity (Wildman–Crippen MR) is 228 cm³/mol. The van der Waals surface area contributed by atoms with Gasteiger partial charge in [0.1, 0.15) is 6.04 Å². The molecule has 8 heteroatoms. The number of fused-ring (bicyclic) bond motifs is 2. The summed E-state index contributed by atoms with van der Waals surface area (Å²) in [4.78, 5) is 44.1. The molecule has 4 aliphatic rings. The predicted octanol–water partition coefficient (Wildman–Crippen LogP) is 9.37. The highest BCUT2D eigenvalue weighted by Gasteiger charge is 2.53. The van der Waals surface area contributed by atoms with E-state index in [1.165, 1.54) is 0 Å². The zero-order valence-corrected chi connectivity index (χ0v) is 36.8. The third-order valence-electron chi connectivity index (χ3n) is 13.6. The van der Waals surface area contributed by atoms with Crippen LogP contribution < -0.4 is 20.6 Å². The van der Waals surface area contributed by atoms with E-state index in [4.69, 9.17) is 0 Å². The summed E-state index contributed by atoms with van der Waals surface area (Å²) in [5, 5.41) is 21.1. The minimum absolute atomic E-state index is 0.0858. The fraction of sp³-hybridized carbons (Fsp3) is 0.667. The number of allylic oxidation sites excluding steroid dienone is 3. The molecule has 8 nitrogen and oxygen atoms in total. The number of unbranched alkanes of at least 4 members (excludes halogenated alkanes) is 8. The minimum atomic E-state index is -1.02. The highest BCUT2D eigenvalue weighted by Crippen LogP contribution is 2.53. The molecule has 2 heterocycles. The Bertz CT molecular complexity index is 1810. The first-order valence-corrected chi connectivity index (χ1v) is 22.0. The number of carbonyl (C=O) groups excluding carboxylic acids is 3. The molecule has 1 aromatic rings. The molecular formula is C48H72N4O4. The second-order valence-electron chi connectivity index (χ2n) is 18.8. The molecule has 2 aliphatic carbocycles. The Kier molecular flexibility index (Phi) is 13.5. The van der Waals surface area contributed by atoms with Crippen LogP contribution in [0.3, 0.4) is 0 Å². The lowest BCUT2D eigenvalue weighted by atomic mass is 9.67. The van der Waals surface area contributed by atoms with Crippen LogP contribution in [0, 0.1) is 11.3 Å². The van der Waals surface area contributed by atoms with Crippen LogP contribution in [0.1, 0.15) is 177 Å². The van der Waals surface area contributed by atoms with Crippen LogP contribution in [0.4, 0.5) is 11.4 Å². The number of anilines is 2. The Morgan fingerprint density at radius 1 is 0.839 bits per heavy atom. The summed E-state index contributed by atoms with van der Waals surface area (Å²) in [7, 11) is 0. The summed E-state index contributed by atoms with van der Waals surface area (Å²) in [6.45, 7) is 26.4. The molecule has 308 valence electrons. The van der Waals surface area contributed by atoms with Crippen LogP contribution in [-0.2, 0) is 19.8 Å². The quantitative estimate of drug-likeness (QED) is 0.114. The van der Waals surface area contributed by atoms with Gasteiger partial charge in [0.25, 0.3) is 0 Å². The summed E-state index contributed by atoms with van der Waals surface area (Å²) in [5.41, 5.74) is 5.73. The highest BCUT2D eigenvalue weighted by atomic mass is 16.3. The molecule has 1 aromatic carbocycles. The number of benzene rings is 1. The molecule has 0 spiro atoms. The van der Waals surface area contributed by atoms with Crippen molar-refractivity contribution in [3.8, 4) is 0 Å². The fourth-order valence-electron chi connectivity index (χ4n) is 9.74. The van der Waals surface area contributed by atoms with Gasteiger partial charge in [0.15, 0.2) is 11.8 Å². The van der Waals surface area contributed by atoms with E-state index >= 15 is 0 Å². The van der Waals surface area contributed by atoms with Gasteiger partial charge in [0.2, 0.25) is 17.5 Å². The Balaban J connectivity index is 1.56. The zero-order valence-electron chi connectivity index (χ0n) is 36.8. The third-order valence-corrected chi connectivity index (χ3v) is 13.6. The Labute approximate surface area is 338 Å². The Hall–Kier alpha value is -3.68. The van der Waals surface area contributed by atoms with E-state index < -0.39 is 11.8 Å². The standard InChI is InChI=1S/C48H72N4O4/c1-13-15-17-19-21-23-41(53)49-37-27-39-35(47(9,10)31(7)51(39)29(3)4)25-33(37)43-45(55)44(46(43)56)34-26-36-40(52(30(5)6)32(8)48(36,11)12)28-38(34)50-42(54)24-22-20-18-16-14-2/h25-33,44H,13-24H2,1-12H3,(H2,50,54,55,56). The molecule has 0 saturated heterocycles. The lowest BCUT2D eigenvalue weighted by molar-refractivity contribution is -0.593. The van der Waals surface area contributed by atoms with E-state index in [9.17, 15) is 19.5 Å². The van der Waals surface area contributed by atoms with Gasteiger partial charge < -0.3 is 20.6 Å². The molecule has 0 saturated carbocycles. The molecule has 5 rings (SSSR count). The van der Waals surface area contributed by atoms with Gasteiger partial charge in [0.05, 0.1) is 11.3 Å². The number of amides is 2. The number of hydrogen-bond acceptors (Lipinski definition) is 5. The van der Waals surface area contributed by atoms with E-state index in [0.717, 1.165) is 86.7 Å². The second-order valence-corrected chi connectivity index (χ2v) is 18.8. The van der Waals surface area contributed by atoms with E-state index in [0.29, 0.717) is 29.8 Å². The van der Waals surface area contributed by atoms with E-state index in [-0.39, 0.29) is 63.9 Å². The first kappa shape index (κ1) is 43.4. The highest BCUT2D eigenvalue weighted by molar-refractivity contribution is 6.14. The maximum Gasteiger partial charge on any atom is 0.224 e. The van der Waals surface area contributed by atoms with Crippen LogP contribution in [0.5, 0.6) is 0 Å². The van der Waals surface area contributed by atoms with E-state index in [1.54, 1.807) is 0 Å². The fourth-order valence-corrected chi connectivity index (χ4v) is 9.74. The summed E-state index contributed by atoms with van der Waals surface area (Å²) >= 11 is 0. The van der Waals surface area contributed by atoms with Gasteiger partial charge in [-0.2, -0.15) is 0 Å². The van der Waals surface area contributed by atoms with Crippen molar-refractivity contribution in [2.24, 2.45) is 11.3 Å². The maximum absolute atomic E-state index is 14.7. The van der Waals surface area contributed by atoms with Crippen LogP contribution in [-0.4, -0.2) is 52.1 Å². The van der Waals surface area contributed by atoms with Crippen molar-refractivity contribution in [1.29, 1.82) is 0 Å². The number of carbonyl (C=O) groups is 3. The Morgan fingerprint density at radius 3 is 1.95 bits per heavy atom. The molecule has 2 aliphatic heterocycles. The van der Waals surface area contributed by atoms with Crippen molar-refractivity contribution < 1.29 is 24.1 Å². The monoisotopic (exact) mass is 769 g/mol. The van der Waals surface area contributed by atoms with Gasteiger partial charge in [-0.1, -0.05) is 91.2 Å². The molecular weight excluding hydrogens is 697 g/mol. The molecule has 0 fully saturated rings. The maximum atomic E-state index is 14.7. The summed E-state index contributed by atoms with van der Waals surface area (Å²) < 4.78 is 2.39. The molecule has 56 heavy (non-hydrogen) atoms. The van der Waals surface area contributed by atoms with Crippen LogP contribution in [0.25, 0.3) is 0 Å². The first-order valence-electron chi connectivity index (χ1n) is 22.0. The van der Waals surface area contributed by atoms with Crippen LogP contribution in [0.2, 0.25) is 0 Å². The topological polar surface area (TPSA) is 105 Å². The van der Waals surface area contributed by atoms with Crippen molar-refractivity contribution in [3.05, 3.63) is 58.0 Å². The van der Waals surface area contributed by atoms with Gasteiger partial charge >= 0.3 is 0 Å². The summed E-state index contributed by atoms with van der Waals surface area (Å²) in [5.74, 6) is -2.32. The zero-order chi connectivity index (χ0) is 41.3. The average molecular weight is 769 g/mol. The van der Waals surface area contributed by atoms with Crippen LogP contribution in [0.15, 0.2) is 46.9 Å². The normalized spacial score (nSPS) is 23.7. The lowest BCUT2D eigenvalue weighted by Crippen LogP contribution is -2.43. The van der Waals surface area contributed by atoms with Gasteiger partial charge in [0, 0.05) is 65.0 Å². The number of ketones is 1. The van der Waals surface area contributed by atoms with Gasteiger partial charge in [-0.05, 0) is 91.0 Å². The van der Waals surface area contributed by atoms with Crippen LogP contribution >= 0.6 is 0 Å². The first-order chi connectivity index (χ1) is 26.4. The molecule has 2 N–H and O–H groups in total. The smallest absolute Gasteiger partial charge is 0.224 e. The van der Waals surface area contributed by atoms with Crippen molar-refractivity contribution in [2.75, 3.05) is 10.2 Å². The summed E-state index contributed by atoms with van der Waals surface area (Å²) in [6, 6.07) is 4.85. The SMILES string of the molecule is CCCCCCCC(=O)NC1=CC2=[N+](C(C)C)C(C)C(C)(C)C2=CC1C1=C([O-])C(c2cc3c(cc2NC(=O)CCCCCCC)N(C(C)C)C(C)C3(C)C)C1=O. The Morgan fingerprint density at radius 2 is 1.41 bits per heavy atom. The summed E-state index contributed by atoms with van der Waals surface area (Å²) in [6.07, 6.45) is 15.3. The lowest BCUT2D eigenvalue weighted by Gasteiger charge is -2.42. The molecule has 0 bridgehead atoms. The van der Waals surface area contributed by atoms with Gasteiger partial charge in [-0.3, -0.25) is 14.4 Å². The third kappa shape index (κ3) is 8.18. The molecule has 4 unspecified atom stereocenters. The van der Waals surface area contributed by atoms with Gasteiger partial charge in [-0.25, -0.2) is 4.58 Å². The number of Topliss-reactive ketones (excluding diaryl/α,β-unsaturated/α-hetero) is 1. The van der Waals surface area contributed by atoms with Crippen molar-refractivity contribution in [2.45, 2.75) is 196 Å². The van der Waals surface area contributed by atoms with Crippen molar-refractivity contribution in [3.63, 3.8) is 0 Å².